The minimum atomic E-state index is 0.456. The molecule has 3 nitrogen and oxygen atoms in total. The third kappa shape index (κ3) is 1.97. The van der Waals surface area contributed by atoms with Gasteiger partial charge in [-0.25, -0.2) is 0 Å². The molecule has 2 aliphatic heterocycles. The summed E-state index contributed by atoms with van der Waals surface area (Å²) in [5, 5.41) is 0. The first-order chi connectivity index (χ1) is 5.84. The molecule has 70 valence electrons. The van der Waals surface area contributed by atoms with Gasteiger partial charge in [0.2, 0.25) is 0 Å². The first kappa shape index (κ1) is 8.48. The molecule has 2 heterocycles. The van der Waals surface area contributed by atoms with Gasteiger partial charge in [-0.3, -0.25) is 0 Å². The van der Waals surface area contributed by atoms with Crippen molar-refractivity contribution in [2.75, 3.05) is 32.8 Å². The van der Waals surface area contributed by atoms with E-state index in [-0.39, 0.29) is 0 Å². The Morgan fingerprint density at radius 2 is 2.08 bits per heavy atom. The highest BCUT2D eigenvalue weighted by atomic mass is 16.5. The zero-order valence-corrected chi connectivity index (χ0v) is 7.54. The van der Waals surface area contributed by atoms with E-state index in [2.05, 4.69) is 4.90 Å². The van der Waals surface area contributed by atoms with Gasteiger partial charge in [0.05, 0.1) is 13.2 Å². The van der Waals surface area contributed by atoms with Crippen molar-refractivity contribution in [2.24, 2.45) is 11.7 Å². The van der Waals surface area contributed by atoms with Crippen molar-refractivity contribution in [1.82, 2.24) is 4.90 Å². The molecule has 0 aromatic carbocycles. The molecule has 0 aliphatic carbocycles. The zero-order valence-electron chi connectivity index (χ0n) is 7.54. The second-order valence-corrected chi connectivity index (χ2v) is 4.07. The number of ether oxygens (including phenoxy) is 1. The van der Waals surface area contributed by atoms with Crippen LogP contribution in [0.2, 0.25) is 0 Å². The number of hydrogen-bond acceptors (Lipinski definition) is 3. The Hall–Kier alpha value is -0.120. The summed E-state index contributed by atoms with van der Waals surface area (Å²) >= 11 is 0. The lowest BCUT2D eigenvalue weighted by atomic mass is 10.0. The van der Waals surface area contributed by atoms with E-state index < -0.39 is 0 Å². The summed E-state index contributed by atoms with van der Waals surface area (Å²) in [7, 11) is 0. The molecule has 2 N–H and O–H groups in total. The van der Waals surface area contributed by atoms with Crippen LogP contribution in [0.25, 0.3) is 0 Å². The number of rotatable bonds is 4. The smallest absolute Gasteiger partial charge is 0.0516 e. The van der Waals surface area contributed by atoms with Crippen LogP contribution in [-0.2, 0) is 4.74 Å². The normalized spacial score (nSPS) is 26.8. The molecule has 0 spiro atoms. The van der Waals surface area contributed by atoms with Gasteiger partial charge in [-0.05, 0) is 19.4 Å². The fourth-order valence-electron chi connectivity index (χ4n) is 1.85. The summed E-state index contributed by atoms with van der Waals surface area (Å²) < 4.78 is 5.12. The predicted octanol–water partition coefficient (Wildman–Crippen LogP) is 0.0559. The molecule has 2 fully saturated rings. The minimum absolute atomic E-state index is 0.456. The number of likely N-dealkylation sites (tertiary alicyclic amines) is 1. The largest absolute Gasteiger partial charge is 0.381 e. The highest BCUT2D eigenvalue weighted by Crippen LogP contribution is 2.17. The molecule has 0 atom stereocenters. The van der Waals surface area contributed by atoms with Crippen molar-refractivity contribution >= 4 is 0 Å². The lowest BCUT2D eigenvalue weighted by Gasteiger charge is -2.37. The molecule has 2 aliphatic rings. The molecule has 2 rings (SSSR count). The summed E-state index contributed by atoms with van der Waals surface area (Å²) in [4.78, 5) is 2.43. The maximum atomic E-state index is 5.68. The highest BCUT2D eigenvalue weighted by molar-refractivity contribution is 4.82. The van der Waals surface area contributed by atoms with Crippen molar-refractivity contribution in [2.45, 2.75) is 18.9 Å². The van der Waals surface area contributed by atoms with Gasteiger partial charge < -0.3 is 15.4 Å². The average molecular weight is 170 g/mol. The fourth-order valence-corrected chi connectivity index (χ4v) is 1.85. The van der Waals surface area contributed by atoms with E-state index in [9.17, 15) is 0 Å². The highest BCUT2D eigenvalue weighted by Gasteiger charge is 2.23. The van der Waals surface area contributed by atoms with Crippen molar-refractivity contribution in [3.63, 3.8) is 0 Å². The maximum Gasteiger partial charge on any atom is 0.0516 e. The molecule has 0 aromatic heterocycles. The molecule has 2 saturated heterocycles. The Bertz CT molecular complexity index is 141. The van der Waals surface area contributed by atoms with Crippen LogP contribution in [-0.4, -0.2) is 43.8 Å². The van der Waals surface area contributed by atoms with Gasteiger partial charge in [-0.15, -0.1) is 0 Å². The second kappa shape index (κ2) is 3.73. The third-order valence-corrected chi connectivity index (χ3v) is 2.78. The number of nitrogens with two attached hydrogens (primary N) is 1. The van der Waals surface area contributed by atoms with E-state index >= 15 is 0 Å². The van der Waals surface area contributed by atoms with Gasteiger partial charge in [0, 0.05) is 25.0 Å². The lowest BCUT2D eigenvalue weighted by Crippen LogP contribution is -2.55. The molecular weight excluding hydrogens is 152 g/mol. The third-order valence-electron chi connectivity index (χ3n) is 2.78. The predicted molar refractivity (Wildman–Crippen MR) is 48.0 cm³/mol. The summed E-state index contributed by atoms with van der Waals surface area (Å²) in [5.41, 5.74) is 5.68. The summed E-state index contributed by atoms with van der Waals surface area (Å²) in [6, 6.07) is 0.456. The van der Waals surface area contributed by atoms with Gasteiger partial charge >= 0.3 is 0 Å². The Labute approximate surface area is 73.9 Å². The van der Waals surface area contributed by atoms with Gasteiger partial charge in [-0.2, -0.15) is 0 Å². The SMILES string of the molecule is NC1CN(CCCC2COC2)C1. The Morgan fingerprint density at radius 3 is 2.58 bits per heavy atom. The quantitative estimate of drug-likeness (QED) is 0.648. The summed E-state index contributed by atoms with van der Waals surface area (Å²) in [6.07, 6.45) is 2.66. The van der Waals surface area contributed by atoms with Crippen LogP contribution in [0.1, 0.15) is 12.8 Å². The average Bonchev–Trinajstić information content (AvgIpc) is 1.90. The van der Waals surface area contributed by atoms with E-state index in [1.54, 1.807) is 0 Å². The van der Waals surface area contributed by atoms with Crippen LogP contribution in [0.4, 0.5) is 0 Å². The monoisotopic (exact) mass is 170 g/mol. The standard InChI is InChI=1S/C9H18N2O/c10-9-4-11(5-9)3-1-2-8-6-12-7-8/h8-9H,1-7,10H2. The van der Waals surface area contributed by atoms with Gasteiger partial charge in [0.25, 0.3) is 0 Å². The van der Waals surface area contributed by atoms with Crippen LogP contribution in [0.3, 0.4) is 0 Å². The molecular formula is C9H18N2O. The van der Waals surface area contributed by atoms with Crippen molar-refractivity contribution in [3.05, 3.63) is 0 Å². The Morgan fingerprint density at radius 1 is 1.33 bits per heavy atom. The van der Waals surface area contributed by atoms with Crippen molar-refractivity contribution in [1.29, 1.82) is 0 Å². The van der Waals surface area contributed by atoms with Crippen molar-refractivity contribution < 1.29 is 4.74 Å². The Kier molecular flexibility index (Phi) is 2.63. The van der Waals surface area contributed by atoms with E-state index in [0.717, 1.165) is 32.2 Å². The number of hydrogen-bond donors (Lipinski definition) is 1. The molecule has 0 aromatic rings. The first-order valence-corrected chi connectivity index (χ1v) is 4.90. The zero-order chi connectivity index (χ0) is 8.39. The van der Waals surface area contributed by atoms with E-state index in [4.69, 9.17) is 10.5 Å². The Balaban J connectivity index is 1.46. The van der Waals surface area contributed by atoms with Crippen LogP contribution >= 0.6 is 0 Å². The molecule has 0 bridgehead atoms. The molecule has 0 amide bonds. The van der Waals surface area contributed by atoms with E-state index in [1.807, 2.05) is 0 Å². The van der Waals surface area contributed by atoms with Crippen LogP contribution in [0.5, 0.6) is 0 Å². The van der Waals surface area contributed by atoms with Crippen LogP contribution < -0.4 is 5.73 Å². The topological polar surface area (TPSA) is 38.5 Å². The van der Waals surface area contributed by atoms with Gasteiger partial charge in [-0.1, -0.05) is 0 Å². The molecule has 0 saturated carbocycles. The van der Waals surface area contributed by atoms with Gasteiger partial charge in [0.15, 0.2) is 0 Å². The van der Waals surface area contributed by atoms with Crippen molar-refractivity contribution in [3.8, 4) is 0 Å². The van der Waals surface area contributed by atoms with E-state index in [0.29, 0.717) is 6.04 Å². The lowest BCUT2D eigenvalue weighted by molar-refractivity contribution is -0.0377. The molecule has 0 radical (unpaired) electrons. The summed E-state index contributed by atoms with van der Waals surface area (Å²) in [5.74, 6) is 0.861. The van der Waals surface area contributed by atoms with Crippen LogP contribution in [0, 0.1) is 5.92 Å². The number of nitrogens with zero attached hydrogens (tertiary/aromatic N) is 1. The van der Waals surface area contributed by atoms with E-state index in [1.165, 1.54) is 19.4 Å². The van der Waals surface area contributed by atoms with Crippen LogP contribution in [0.15, 0.2) is 0 Å². The molecule has 3 heteroatoms. The van der Waals surface area contributed by atoms with Gasteiger partial charge in [0.1, 0.15) is 0 Å². The molecule has 0 unspecified atom stereocenters. The second-order valence-electron chi connectivity index (χ2n) is 4.07. The summed E-state index contributed by atoms with van der Waals surface area (Å²) in [6.45, 7) is 5.46. The first-order valence-electron chi connectivity index (χ1n) is 4.90. The minimum Gasteiger partial charge on any atom is -0.381 e. The fraction of sp³-hybridized carbons (Fsp3) is 1.00. The molecule has 12 heavy (non-hydrogen) atoms. The maximum absolute atomic E-state index is 5.68.